The summed E-state index contributed by atoms with van der Waals surface area (Å²) in [4.78, 5) is 11.6. The largest absolute Gasteiger partial charge is 0.392 e. The molecule has 1 saturated carbocycles. The Morgan fingerprint density at radius 2 is 2.35 bits per heavy atom. The van der Waals surface area contributed by atoms with Crippen LogP contribution in [0.25, 0.3) is 0 Å². The number of aromatic nitrogens is 2. The van der Waals surface area contributed by atoms with E-state index in [0.29, 0.717) is 11.8 Å². The van der Waals surface area contributed by atoms with Gasteiger partial charge in [0.2, 0.25) is 5.91 Å². The smallest absolute Gasteiger partial charge is 0.230 e. The van der Waals surface area contributed by atoms with Gasteiger partial charge in [-0.05, 0) is 19.8 Å². The molecule has 1 aliphatic rings. The Labute approximate surface area is 105 Å². The first-order valence-electron chi connectivity index (χ1n) is 5.67. The molecule has 1 amide bonds. The maximum atomic E-state index is 11.6. The van der Waals surface area contributed by atoms with E-state index in [0.717, 1.165) is 29.1 Å². The average molecular weight is 255 g/mol. The van der Waals surface area contributed by atoms with E-state index in [9.17, 15) is 9.90 Å². The quantitative estimate of drug-likeness (QED) is 0.756. The molecule has 0 aromatic carbocycles. The van der Waals surface area contributed by atoms with Gasteiger partial charge in [-0.3, -0.25) is 9.48 Å². The lowest BCUT2D eigenvalue weighted by atomic mass is 10.3. The highest BCUT2D eigenvalue weighted by atomic mass is 32.2. The van der Waals surface area contributed by atoms with E-state index in [1.807, 2.05) is 14.0 Å². The van der Waals surface area contributed by atoms with Gasteiger partial charge in [0.05, 0.1) is 23.1 Å². The minimum absolute atomic E-state index is 0.0355. The first kappa shape index (κ1) is 12.4. The highest BCUT2D eigenvalue weighted by Gasteiger charge is 2.23. The number of aliphatic hydroxyl groups is 1. The SMILES string of the molecule is Cc1nn(C)c(SCC(=O)NC2CC2)c1CO. The Balaban J connectivity index is 1.95. The van der Waals surface area contributed by atoms with E-state index in [2.05, 4.69) is 10.4 Å². The Kier molecular flexibility index (Phi) is 3.73. The second-order valence-electron chi connectivity index (χ2n) is 4.28. The molecule has 1 heterocycles. The van der Waals surface area contributed by atoms with Crippen LogP contribution in [0.2, 0.25) is 0 Å². The van der Waals surface area contributed by atoms with Gasteiger partial charge >= 0.3 is 0 Å². The van der Waals surface area contributed by atoms with Crippen molar-refractivity contribution in [3.05, 3.63) is 11.3 Å². The van der Waals surface area contributed by atoms with Gasteiger partial charge in [-0.2, -0.15) is 5.10 Å². The summed E-state index contributed by atoms with van der Waals surface area (Å²) in [5.74, 6) is 0.433. The summed E-state index contributed by atoms with van der Waals surface area (Å²) in [5, 5.41) is 17.3. The van der Waals surface area contributed by atoms with Gasteiger partial charge in [-0.1, -0.05) is 11.8 Å². The second kappa shape index (κ2) is 5.10. The monoisotopic (exact) mass is 255 g/mol. The zero-order chi connectivity index (χ0) is 12.4. The first-order valence-corrected chi connectivity index (χ1v) is 6.66. The topological polar surface area (TPSA) is 67.2 Å². The highest BCUT2D eigenvalue weighted by Crippen LogP contribution is 2.25. The summed E-state index contributed by atoms with van der Waals surface area (Å²) in [6, 6.07) is 0.397. The molecule has 6 heteroatoms. The summed E-state index contributed by atoms with van der Waals surface area (Å²) in [6.45, 7) is 1.83. The zero-order valence-corrected chi connectivity index (χ0v) is 10.9. The number of nitrogens with one attached hydrogen (secondary N) is 1. The second-order valence-corrected chi connectivity index (χ2v) is 5.25. The van der Waals surface area contributed by atoms with Crippen molar-refractivity contribution in [1.29, 1.82) is 0 Å². The maximum Gasteiger partial charge on any atom is 0.230 e. The summed E-state index contributed by atoms with van der Waals surface area (Å²) in [6.07, 6.45) is 2.20. The minimum Gasteiger partial charge on any atom is -0.392 e. The van der Waals surface area contributed by atoms with Crippen LogP contribution in [0.15, 0.2) is 5.03 Å². The van der Waals surface area contributed by atoms with Gasteiger partial charge < -0.3 is 10.4 Å². The molecule has 2 N–H and O–H groups in total. The van der Waals surface area contributed by atoms with Gasteiger partial charge in [0.15, 0.2) is 0 Å². The molecule has 0 unspecified atom stereocenters. The van der Waals surface area contributed by atoms with E-state index in [-0.39, 0.29) is 12.5 Å². The van der Waals surface area contributed by atoms with Crippen LogP contribution in [0.3, 0.4) is 0 Å². The first-order chi connectivity index (χ1) is 8.11. The molecule has 94 valence electrons. The standard InChI is InChI=1S/C11H17N3O2S/c1-7-9(5-15)11(14(2)13-7)17-6-10(16)12-8-3-4-8/h8,15H,3-6H2,1-2H3,(H,12,16). The lowest BCUT2D eigenvalue weighted by Crippen LogP contribution is -2.27. The number of amides is 1. The van der Waals surface area contributed by atoms with Crippen molar-refractivity contribution in [2.45, 2.75) is 37.4 Å². The number of hydrogen-bond acceptors (Lipinski definition) is 4. The summed E-state index contributed by atoms with van der Waals surface area (Å²) in [5.41, 5.74) is 1.64. The summed E-state index contributed by atoms with van der Waals surface area (Å²) in [7, 11) is 1.83. The molecule has 5 nitrogen and oxygen atoms in total. The Bertz CT molecular complexity index is 427. The number of rotatable bonds is 5. The van der Waals surface area contributed by atoms with Gasteiger partial charge in [0.25, 0.3) is 0 Å². The number of thioether (sulfide) groups is 1. The van der Waals surface area contributed by atoms with Crippen LogP contribution < -0.4 is 5.32 Å². The van der Waals surface area contributed by atoms with Crippen molar-refractivity contribution in [3.63, 3.8) is 0 Å². The lowest BCUT2D eigenvalue weighted by Gasteiger charge is -2.05. The van der Waals surface area contributed by atoms with Crippen molar-refractivity contribution in [3.8, 4) is 0 Å². The molecule has 0 bridgehead atoms. The fraction of sp³-hybridized carbons (Fsp3) is 0.636. The fourth-order valence-electron chi connectivity index (χ4n) is 1.67. The number of hydrogen-bond donors (Lipinski definition) is 2. The van der Waals surface area contributed by atoms with Gasteiger partial charge in [-0.25, -0.2) is 0 Å². The third-order valence-electron chi connectivity index (χ3n) is 2.73. The predicted molar refractivity (Wildman–Crippen MR) is 65.8 cm³/mol. The Morgan fingerprint density at radius 3 is 2.94 bits per heavy atom. The molecule has 0 saturated heterocycles. The van der Waals surface area contributed by atoms with Crippen molar-refractivity contribution in [2.75, 3.05) is 5.75 Å². The van der Waals surface area contributed by atoms with Crippen molar-refractivity contribution < 1.29 is 9.90 Å². The number of carbonyl (C=O) groups excluding carboxylic acids is 1. The molecule has 0 aliphatic heterocycles. The van der Waals surface area contributed by atoms with E-state index in [1.165, 1.54) is 11.8 Å². The van der Waals surface area contributed by atoms with Crippen LogP contribution in [-0.2, 0) is 18.4 Å². The molecule has 0 atom stereocenters. The number of nitrogens with zero attached hydrogens (tertiary/aromatic N) is 2. The third-order valence-corrected chi connectivity index (χ3v) is 3.92. The van der Waals surface area contributed by atoms with Crippen molar-refractivity contribution in [2.24, 2.45) is 7.05 Å². The third kappa shape index (κ3) is 3.01. The Morgan fingerprint density at radius 1 is 1.65 bits per heavy atom. The number of aliphatic hydroxyl groups excluding tert-OH is 1. The average Bonchev–Trinajstić information content (AvgIpc) is 3.02. The molecule has 1 aromatic heterocycles. The van der Waals surface area contributed by atoms with Crippen LogP contribution in [0, 0.1) is 6.92 Å². The van der Waals surface area contributed by atoms with Gasteiger partial charge in [0, 0.05) is 18.7 Å². The summed E-state index contributed by atoms with van der Waals surface area (Å²) < 4.78 is 1.72. The Hall–Kier alpha value is -1.01. The van der Waals surface area contributed by atoms with Gasteiger partial charge in [0.1, 0.15) is 0 Å². The maximum absolute atomic E-state index is 11.6. The number of carbonyl (C=O) groups is 1. The highest BCUT2D eigenvalue weighted by molar-refractivity contribution is 8.00. The molecular weight excluding hydrogens is 238 g/mol. The molecule has 0 radical (unpaired) electrons. The van der Waals surface area contributed by atoms with Crippen LogP contribution in [0.1, 0.15) is 24.1 Å². The number of aryl methyl sites for hydroxylation is 2. The van der Waals surface area contributed by atoms with Crippen LogP contribution >= 0.6 is 11.8 Å². The van der Waals surface area contributed by atoms with Crippen LogP contribution in [-0.4, -0.2) is 32.6 Å². The van der Waals surface area contributed by atoms with Crippen molar-refractivity contribution in [1.82, 2.24) is 15.1 Å². The van der Waals surface area contributed by atoms with E-state index in [1.54, 1.807) is 4.68 Å². The molecule has 1 fully saturated rings. The predicted octanol–water partition coefficient (Wildman–Crippen LogP) is 0.592. The van der Waals surface area contributed by atoms with E-state index < -0.39 is 0 Å². The van der Waals surface area contributed by atoms with Crippen LogP contribution in [0.5, 0.6) is 0 Å². The zero-order valence-electron chi connectivity index (χ0n) is 10.1. The fourth-order valence-corrected chi connectivity index (χ4v) is 2.64. The summed E-state index contributed by atoms with van der Waals surface area (Å²) >= 11 is 1.43. The molecule has 17 heavy (non-hydrogen) atoms. The van der Waals surface area contributed by atoms with E-state index in [4.69, 9.17) is 0 Å². The van der Waals surface area contributed by atoms with Gasteiger partial charge in [-0.15, -0.1) is 0 Å². The molecular formula is C11H17N3O2S. The molecule has 0 spiro atoms. The minimum atomic E-state index is -0.0355. The molecule has 2 rings (SSSR count). The molecule has 1 aromatic rings. The molecule has 1 aliphatic carbocycles. The normalized spacial score (nSPS) is 15.0. The van der Waals surface area contributed by atoms with Crippen LogP contribution in [0.4, 0.5) is 0 Å². The van der Waals surface area contributed by atoms with E-state index >= 15 is 0 Å². The lowest BCUT2D eigenvalue weighted by molar-refractivity contribution is -0.118. The van der Waals surface area contributed by atoms with Crippen molar-refractivity contribution >= 4 is 17.7 Å².